The molecule has 1 aliphatic rings. The van der Waals surface area contributed by atoms with Crippen LogP contribution in [0.1, 0.15) is 34.3 Å². The lowest BCUT2D eigenvalue weighted by Crippen LogP contribution is -2.19. The highest BCUT2D eigenvalue weighted by atomic mass is 35.5. The standard InChI is InChI=1S/C26H17Cl6F2N3O3/c1-9-3-12(36-25(40)21-20(26(21,31)32)11-4-14(27)23(30)15(28)5-11)6-13(22(9)29)24(39)37-19-8-18(35-10(2)38)16(33)7-17(19)34/h3-8,20-21H,1-2H3,(H,35,38)(H,36,40)(H,37,39)/t20-,21+/m0/s1. The largest absolute Gasteiger partial charge is 0.326 e. The minimum absolute atomic E-state index is 0.0267. The van der Waals surface area contributed by atoms with E-state index < -0.39 is 51.2 Å². The first-order chi connectivity index (χ1) is 18.6. The first-order valence-electron chi connectivity index (χ1n) is 11.3. The molecule has 0 unspecified atom stereocenters. The number of amides is 3. The van der Waals surface area contributed by atoms with E-state index in [2.05, 4.69) is 16.0 Å². The fourth-order valence-corrected chi connectivity index (χ4v) is 5.81. The minimum Gasteiger partial charge on any atom is -0.326 e. The van der Waals surface area contributed by atoms with Crippen molar-refractivity contribution in [3.8, 4) is 0 Å². The molecule has 3 N–H and O–H groups in total. The number of carbonyl (C=O) groups excluding carboxylic acids is 3. The number of benzene rings is 3. The molecule has 0 aromatic heterocycles. The maximum absolute atomic E-state index is 14.4. The molecule has 3 amide bonds. The Morgan fingerprint density at radius 1 is 0.800 bits per heavy atom. The summed E-state index contributed by atoms with van der Waals surface area (Å²) in [7, 11) is 0. The van der Waals surface area contributed by atoms with Gasteiger partial charge in [-0.2, -0.15) is 0 Å². The van der Waals surface area contributed by atoms with Crippen LogP contribution in [0, 0.1) is 24.5 Å². The summed E-state index contributed by atoms with van der Waals surface area (Å²) in [6.07, 6.45) is 0. The summed E-state index contributed by atoms with van der Waals surface area (Å²) in [5.41, 5.74) is 0.242. The zero-order valence-electron chi connectivity index (χ0n) is 20.4. The Bertz CT molecular complexity index is 1560. The predicted molar refractivity (Wildman–Crippen MR) is 156 cm³/mol. The van der Waals surface area contributed by atoms with Crippen molar-refractivity contribution in [2.75, 3.05) is 16.0 Å². The van der Waals surface area contributed by atoms with Crippen molar-refractivity contribution in [1.29, 1.82) is 0 Å². The summed E-state index contributed by atoms with van der Waals surface area (Å²) in [5.74, 6) is -5.68. The van der Waals surface area contributed by atoms with E-state index in [9.17, 15) is 23.2 Å². The van der Waals surface area contributed by atoms with Gasteiger partial charge < -0.3 is 16.0 Å². The maximum atomic E-state index is 14.4. The van der Waals surface area contributed by atoms with Crippen LogP contribution in [0.2, 0.25) is 20.1 Å². The van der Waals surface area contributed by atoms with Crippen LogP contribution >= 0.6 is 69.6 Å². The van der Waals surface area contributed by atoms with Crippen LogP contribution in [0.4, 0.5) is 25.8 Å². The molecular weight excluding hydrogens is 653 g/mol. The topological polar surface area (TPSA) is 87.3 Å². The lowest BCUT2D eigenvalue weighted by Gasteiger charge is -2.14. The van der Waals surface area contributed by atoms with Gasteiger partial charge in [0, 0.05) is 24.6 Å². The van der Waals surface area contributed by atoms with Crippen molar-refractivity contribution >= 4 is 104 Å². The summed E-state index contributed by atoms with van der Waals surface area (Å²) >= 11 is 37.4. The van der Waals surface area contributed by atoms with Gasteiger partial charge in [-0.3, -0.25) is 14.4 Å². The van der Waals surface area contributed by atoms with Crippen molar-refractivity contribution in [3.05, 3.63) is 84.8 Å². The number of anilines is 3. The van der Waals surface area contributed by atoms with Crippen LogP contribution in [0.15, 0.2) is 36.4 Å². The Kier molecular flexibility index (Phi) is 8.81. The summed E-state index contributed by atoms with van der Waals surface area (Å²) in [4.78, 5) is 37.5. The minimum atomic E-state index is -1.47. The summed E-state index contributed by atoms with van der Waals surface area (Å²) in [6.45, 7) is 2.73. The number of halogens is 8. The van der Waals surface area contributed by atoms with Gasteiger partial charge in [0.15, 0.2) is 0 Å². The molecule has 3 aromatic carbocycles. The predicted octanol–water partition coefficient (Wildman–Crippen LogP) is 8.62. The lowest BCUT2D eigenvalue weighted by molar-refractivity contribution is -0.117. The summed E-state index contributed by atoms with van der Waals surface area (Å²) in [6, 6.07) is 7.28. The van der Waals surface area contributed by atoms with E-state index >= 15 is 0 Å². The van der Waals surface area contributed by atoms with E-state index in [0.717, 1.165) is 13.0 Å². The van der Waals surface area contributed by atoms with Crippen molar-refractivity contribution in [1.82, 2.24) is 0 Å². The van der Waals surface area contributed by atoms with Crippen LogP contribution in [0.25, 0.3) is 0 Å². The first kappa shape index (κ1) is 30.6. The molecule has 4 rings (SSSR count). The van der Waals surface area contributed by atoms with Crippen molar-refractivity contribution in [2.45, 2.75) is 24.1 Å². The Morgan fingerprint density at radius 3 is 1.95 bits per heavy atom. The number of hydrogen-bond acceptors (Lipinski definition) is 3. The number of carbonyl (C=O) groups is 3. The van der Waals surface area contributed by atoms with E-state index in [-0.39, 0.29) is 37.0 Å². The second-order valence-corrected chi connectivity index (χ2v) is 12.0. The van der Waals surface area contributed by atoms with Gasteiger partial charge in [-0.1, -0.05) is 46.4 Å². The molecule has 2 atom stereocenters. The Hall–Kier alpha value is -2.33. The maximum Gasteiger partial charge on any atom is 0.257 e. The highest BCUT2D eigenvalue weighted by Crippen LogP contribution is 2.65. The third-order valence-corrected chi connectivity index (χ3v) is 8.72. The molecule has 0 heterocycles. The number of rotatable bonds is 6. The number of aryl methyl sites for hydroxylation is 1. The smallest absolute Gasteiger partial charge is 0.257 e. The normalized spacial score (nSPS) is 17.2. The van der Waals surface area contributed by atoms with Crippen molar-refractivity contribution in [2.24, 2.45) is 5.92 Å². The van der Waals surface area contributed by atoms with Crippen molar-refractivity contribution in [3.63, 3.8) is 0 Å². The van der Waals surface area contributed by atoms with Gasteiger partial charge in [-0.05, 0) is 48.4 Å². The van der Waals surface area contributed by atoms with Crippen LogP contribution in [0.3, 0.4) is 0 Å². The molecule has 0 bridgehead atoms. The Balaban J connectivity index is 1.57. The number of hydrogen-bond donors (Lipinski definition) is 3. The van der Waals surface area contributed by atoms with Gasteiger partial charge in [0.05, 0.1) is 42.9 Å². The molecule has 6 nitrogen and oxygen atoms in total. The zero-order valence-corrected chi connectivity index (χ0v) is 24.9. The average Bonchev–Trinajstić information content (AvgIpc) is 3.43. The summed E-state index contributed by atoms with van der Waals surface area (Å²) < 4.78 is 26.9. The van der Waals surface area contributed by atoms with Gasteiger partial charge in [-0.25, -0.2) is 8.78 Å². The van der Waals surface area contributed by atoms with Crippen LogP contribution in [-0.4, -0.2) is 22.1 Å². The van der Waals surface area contributed by atoms with Gasteiger partial charge >= 0.3 is 0 Å². The van der Waals surface area contributed by atoms with Gasteiger partial charge in [0.25, 0.3) is 5.91 Å². The molecule has 0 radical (unpaired) electrons. The first-order valence-corrected chi connectivity index (χ1v) is 13.6. The third-order valence-electron chi connectivity index (χ3n) is 6.08. The Morgan fingerprint density at radius 2 is 1.38 bits per heavy atom. The van der Waals surface area contributed by atoms with E-state index in [1.807, 2.05) is 0 Å². The number of alkyl halides is 2. The highest BCUT2D eigenvalue weighted by molar-refractivity contribution is 6.54. The van der Waals surface area contributed by atoms with Crippen LogP contribution < -0.4 is 16.0 Å². The molecule has 1 fully saturated rings. The molecule has 0 aliphatic heterocycles. The average molecular weight is 670 g/mol. The monoisotopic (exact) mass is 667 g/mol. The van der Waals surface area contributed by atoms with E-state index in [1.54, 1.807) is 6.92 Å². The molecule has 3 aromatic rings. The molecule has 0 saturated heterocycles. The van der Waals surface area contributed by atoms with Crippen LogP contribution in [-0.2, 0) is 9.59 Å². The second-order valence-electron chi connectivity index (χ2n) is 9.02. The molecule has 40 heavy (non-hydrogen) atoms. The van der Waals surface area contributed by atoms with Crippen molar-refractivity contribution < 1.29 is 23.2 Å². The third kappa shape index (κ3) is 6.12. The van der Waals surface area contributed by atoms with E-state index in [1.165, 1.54) is 24.3 Å². The quantitative estimate of drug-likeness (QED) is 0.181. The van der Waals surface area contributed by atoms with E-state index in [4.69, 9.17) is 69.6 Å². The summed E-state index contributed by atoms with van der Waals surface area (Å²) in [5, 5.41) is 7.69. The Labute approximate surface area is 257 Å². The molecule has 14 heteroatoms. The lowest BCUT2D eigenvalue weighted by atomic mass is 10.1. The van der Waals surface area contributed by atoms with Crippen LogP contribution in [0.5, 0.6) is 0 Å². The highest BCUT2D eigenvalue weighted by Gasteiger charge is 2.67. The van der Waals surface area contributed by atoms with E-state index in [0.29, 0.717) is 17.2 Å². The molecule has 1 saturated carbocycles. The van der Waals surface area contributed by atoms with Gasteiger partial charge in [0.1, 0.15) is 16.0 Å². The molecule has 210 valence electrons. The fraction of sp³-hybridized carbons (Fsp3) is 0.192. The number of nitrogens with one attached hydrogen (secondary N) is 3. The SMILES string of the molecule is CC(=O)Nc1cc(NC(=O)c2cc(NC(=O)[C@H]3[C@H](c4cc(Cl)c(Cl)c(Cl)c4)C3(Cl)Cl)cc(C)c2Cl)c(F)cc1F. The molecule has 1 aliphatic carbocycles. The van der Waals surface area contributed by atoms with Gasteiger partial charge in [0.2, 0.25) is 11.8 Å². The van der Waals surface area contributed by atoms with Gasteiger partial charge in [-0.15, -0.1) is 23.2 Å². The second kappa shape index (κ2) is 11.5. The molecular formula is C26H17Cl6F2N3O3. The zero-order chi connectivity index (χ0) is 29.7. The fourth-order valence-electron chi connectivity index (χ4n) is 4.17. The molecule has 0 spiro atoms.